The third-order valence-electron chi connectivity index (χ3n) is 2.52. The molecule has 3 aromatic rings. The zero-order chi connectivity index (χ0) is 12.5. The van der Waals surface area contributed by atoms with E-state index in [1.165, 1.54) is 14.2 Å². The van der Waals surface area contributed by atoms with E-state index in [0.717, 1.165) is 11.0 Å². The molecule has 0 fully saturated rings. The second-order valence-electron chi connectivity index (χ2n) is 3.60. The first-order valence-corrected chi connectivity index (χ1v) is 5.34. The molecule has 1 aromatic carbocycles. The summed E-state index contributed by atoms with van der Waals surface area (Å²) in [4.78, 5) is 17.2. The zero-order valence-electron chi connectivity index (χ0n) is 9.91. The third-order valence-corrected chi connectivity index (χ3v) is 2.52. The fourth-order valence-electron chi connectivity index (χ4n) is 1.69. The predicted octanol–water partition coefficient (Wildman–Crippen LogP) is 1.59. The summed E-state index contributed by atoms with van der Waals surface area (Å²) in [6.07, 6.45) is 0. The van der Waals surface area contributed by atoms with Gasteiger partial charge in [-0.2, -0.15) is 9.97 Å². The lowest BCUT2D eigenvalue weighted by molar-refractivity contribution is 0.333. The van der Waals surface area contributed by atoms with Gasteiger partial charge < -0.3 is 9.47 Å². The summed E-state index contributed by atoms with van der Waals surface area (Å²) in [5.41, 5.74) is 2.41. The summed E-state index contributed by atoms with van der Waals surface area (Å²) >= 11 is 0. The van der Waals surface area contributed by atoms with Crippen molar-refractivity contribution in [3.05, 3.63) is 24.3 Å². The van der Waals surface area contributed by atoms with Crippen molar-refractivity contribution in [1.29, 1.82) is 0 Å². The van der Waals surface area contributed by atoms with Gasteiger partial charge in [-0.15, -0.1) is 0 Å². The molecule has 2 aromatic heterocycles. The standard InChI is InChI=1S/C12H10N4O2/c1-17-11-12(18-2)16-10-9(15-11)13-7-5-3-4-6-8(7)14-10/h3-6H,1-2H3. The second-order valence-corrected chi connectivity index (χ2v) is 3.60. The molecule has 0 aliphatic rings. The maximum atomic E-state index is 5.09. The van der Waals surface area contributed by atoms with E-state index < -0.39 is 0 Å². The van der Waals surface area contributed by atoms with Crippen LogP contribution in [0.4, 0.5) is 0 Å². The lowest BCUT2D eigenvalue weighted by Gasteiger charge is -2.06. The van der Waals surface area contributed by atoms with Gasteiger partial charge in [0, 0.05) is 0 Å². The Kier molecular flexibility index (Phi) is 2.40. The SMILES string of the molecule is COc1nc2nc3ccccc3nc2nc1OC. The third kappa shape index (κ3) is 1.58. The first-order chi connectivity index (χ1) is 8.81. The normalized spacial score (nSPS) is 10.8. The molecule has 0 N–H and O–H groups in total. The number of methoxy groups -OCH3 is 2. The van der Waals surface area contributed by atoms with Crippen molar-refractivity contribution in [1.82, 2.24) is 19.9 Å². The molecule has 0 radical (unpaired) electrons. The fraction of sp³-hybridized carbons (Fsp3) is 0.167. The molecule has 0 aliphatic carbocycles. The van der Waals surface area contributed by atoms with Crippen LogP contribution in [0.5, 0.6) is 11.8 Å². The van der Waals surface area contributed by atoms with Crippen molar-refractivity contribution in [2.45, 2.75) is 0 Å². The smallest absolute Gasteiger partial charge is 0.280 e. The Balaban J connectivity index is 2.36. The van der Waals surface area contributed by atoms with Crippen LogP contribution in [-0.4, -0.2) is 34.2 Å². The van der Waals surface area contributed by atoms with Crippen LogP contribution >= 0.6 is 0 Å². The number of fused-ring (bicyclic) bond motifs is 2. The number of benzene rings is 1. The summed E-state index contributed by atoms with van der Waals surface area (Å²) in [7, 11) is 3.01. The highest BCUT2D eigenvalue weighted by Crippen LogP contribution is 2.24. The molecular weight excluding hydrogens is 232 g/mol. The van der Waals surface area contributed by atoms with E-state index in [1.807, 2.05) is 24.3 Å². The molecule has 0 spiro atoms. The lowest BCUT2D eigenvalue weighted by Crippen LogP contribution is -2.00. The molecule has 0 amide bonds. The van der Waals surface area contributed by atoms with Crippen molar-refractivity contribution in [2.24, 2.45) is 0 Å². The van der Waals surface area contributed by atoms with Crippen molar-refractivity contribution >= 4 is 22.3 Å². The highest BCUT2D eigenvalue weighted by atomic mass is 16.5. The summed E-state index contributed by atoms with van der Waals surface area (Å²) < 4.78 is 10.2. The molecule has 6 heteroatoms. The maximum absolute atomic E-state index is 5.09. The molecule has 2 heterocycles. The zero-order valence-corrected chi connectivity index (χ0v) is 9.91. The van der Waals surface area contributed by atoms with Gasteiger partial charge in [-0.25, -0.2) is 9.97 Å². The maximum Gasteiger partial charge on any atom is 0.280 e. The Bertz CT molecular complexity index is 668. The van der Waals surface area contributed by atoms with Crippen molar-refractivity contribution in [2.75, 3.05) is 14.2 Å². The molecule has 0 aliphatic heterocycles. The fourth-order valence-corrected chi connectivity index (χ4v) is 1.69. The highest BCUT2D eigenvalue weighted by Gasteiger charge is 2.12. The number of para-hydroxylation sites is 2. The number of hydrogen-bond acceptors (Lipinski definition) is 6. The first kappa shape index (κ1) is 10.6. The molecule has 6 nitrogen and oxygen atoms in total. The average Bonchev–Trinajstić information content (AvgIpc) is 2.43. The van der Waals surface area contributed by atoms with Crippen LogP contribution in [0.15, 0.2) is 24.3 Å². The van der Waals surface area contributed by atoms with Gasteiger partial charge >= 0.3 is 0 Å². The van der Waals surface area contributed by atoms with Crippen LogP contribution in [0, 0.1) is 0 Å². The van der Waals surface area contributed by atoms with Crippen LogP contribution in [0.1, 0.15) is 0 Å². The molecule has 3 rings (SSSR count). The van der Waals surface area contributed by atoms with Crippen LogP contribution in [0.2, 0.25) is 0 Å². The van der Waals surface area contributed by atoms with Gasteiger partial charge in [0.15, 0.2) is 0 Å². The molecule has 0 saturated heterocycles. The Morgan fingerprint density at radius 2 is 1.17 bits per heavy atom. The van der Waals surface area contributed by atoms with Crippen LogP contribution in [-0.2, 0) is 0 Å². The van der Waals surface area contributed by atoms with E-state index in [4.69, 9.17) is 9.47 Å². The van der Waals surface area contributed by atoms with Gasteiger partial charge in [0.2, 0.25) is 11.3 Å². The van der Waals surface area contributed by atoms with Crippen molar-refractivity contribution in [3.8, 4) is 11.8 Å². The van der Waals surface area contributed by atoms with E-state index >= 15 is 0 Å². The van der Waals surface area contributed by atoms with Gasteiger partial charge in [-0.3, -0.25) is 0 Å². The van der Waals surface area contributed by atoms with Crippen LogP contribution in [0.3, 0.4) is 0 Å². The summed E-state index contributed by atoms with van der Waals surface area (Å²) in [6.45, 7) is 0. The predicted molar refractivity (Wildman–Crippen MR) is 65.7 cm³/mol. The number of ether oxygens (including phenoxy) is 2. The Morgan fingerprint density at radius 3 is 1.56 bits per heavy atom. The molecule has 0 unspecified atom stereocenters. The summed E-state index contributed by atoms with van der Waals surface area (Å²) in [5, 5.41) is 0. The Morgan fingerprint density at radius 1 is 0.722 bits per heavy atom. The number of rotatable bonds is 2. The van der Waals surface area contributed by atoms with E-state index in [0.29, 0.717) is 23.1 Å². The molecule has 0 saturated carbocycles. The Labute approximate surface area is 103 Å². The van der Waals surface area contributed by atoms with Gasteiger partial charge in [0.05, 0.1) is 25.3 Å². The van der Waals surface area contributed by atoms with Gasteiger partial charge in [-0.05, 0) is 12.1 Å². The first-order valence-electron chi connectivity index (χ1n) is 5.34. The minimum atomic E-state index is 0.301. The van der Waals surface area contributed by atoms with E-state index in [2.05, 4.69) is 19.9 Å². The number of aromatic nitrogens is 4. The largest absolute Gasteiger partial charge is 0.477 e. The molecular formula is C12H10N4O2. The topological polar surface area (TPSA) is 70.0 Å². The van der Waals surface area contributed by atoms with E-state index in [-0.39, 0.29) is 0 Å². The van der Waals surface area contributed by atoms with Gasteiger partial charge in [0.1, 0.15) is 0 Å². The Hall–Kier alpha value is -2.50. The monoisotopic (exact) mass is 242 g/mol. The highest BCUT2D eigenvalue weighted by molar-refractivity contribution is 5.82. The molecule has 0 bridgehead atoms. The van der Waals surface area contributed by atoms with E-state index in [9.17, 15) is 0 Å². The quantitative estimate of drug-likeness (QED) is 0.635. The van der Waals surface area contributed by atoms with Crippen molar-refractivity contribution < 1.29 is 9.47 Å². The van der Waals surface area contributed by atoms with E-state index in [1.54, 1.807) is 0 Å². The minimum absolute atomic E-state index is 0.301. The molecule has 0 atom stereocenters. The second kappa shape index (κ2) is 4.06. The lowest BCUT2D eigenvalue weighted by atomic mass is 10.3. The summed E-state index contributed by atoms with van der Waals surface area (Å²) in [6, 6.07) is 7.55. The minimum Gasteiger partial charge on any atom is -0.477 e. The van der Waals surface area contributed by atoms with Crippen LogP contribution in [0.25, 0.3) is 22.3 Å². The van der Waals surface area contributed by atoms with Crippen molar-refractivity contribution in [3.63, 3.8) is 0 Å². The van der Waals surface area contributed by atoms with Crippen LogP contribution < -0.4 is 9.47 Å². The summed E-state index contributed by atoms with van der Waals surface area (Å²) in [5.74, 6) is 0.601. The van der Waals surface area contributed by atoms with Gasteiger partial charge in [0.25, 0.3) is 11.8 Å². The average molecular weight is 242 g/mol. The van der Waals surface area contributed by atoms with Gasteiger partial charge in [-0.1, -0.05) is 12.1 Å². The molecule has 90 valence electrons. The number of nitrogens with zero attached hydrogens (tertiary/aromatic N) is 4. The number of hydrogen-bond donors (Lipinski definition) is 0. The molecule has 18 heavy (non-hydrogen) atoms.